The number of carbonyl (C=O) groups excluding carboxylic acids is 1. The van der Waals surface area contributed by atoms with Crippen LogP contribution in [0.3, 0.4) is 0 Å². The molecule has 3 heterocycles. The molecule has 1 aliphatic rings. The molecule has 0 radical (unpaired) electrons. The zero-order valence-corrected chi connectivity index (χ0v) is 11.9. The van der Waals surface area contributed by atoms with E-state index in [2.05, 4.69) is 41.6 Å². The van der Waals surface area contributed by atoms with Crippen molar-refractivity contribution >= 4 is 6.41 Å². The van der Waals surface area contributed by atoms with E-state index >= 15 is 0 Å². The molecule has 1 fully saturated rings. The first-order valence-electron chi connectivity index (χ1n) is 7.03. The molecule has 104 valence electrons. The average Bonchev–Trinajstić information content (AvgIpc) is 3.06. The van der Waals surface area contributed by atoms with E-state index < -0.39 is 0 Å². The fraction of sp³-hybridized carbons (Fsp3) is 0.375. The van der Waals surface area contributed by atoms with Crippen molar-refractivity contribution < 1.29 is 4.79 Å². The monoisotopic (exact) mass is 269 g/mol. The van der Waals surface area contributed by atoms with E-state index in [9.17, 15) is 4.79 Å². The van der Waals surface area contributed by atoms with E-state index in [-0.39, 0.29) is 6.04 Å². The first-order valence-corrected chi connectivity index (χ1v) is 7.03. The Morgan fingerprint density at radius 3 is 2.55 bits per heavy atom. The summed E-state index contributed by atoms with van der Waals surface area (Å²) in [7, 11) is 0. The number of hydrogen-bond acceptors (Lipinski definition) is 2. The number of nitrogens with zero attached hydrogens (tertiary/aromatic N) is 3. The number of carbonyl (C=O) groups is 1. The Balaban J connectivity index is 1.90. The molecule has 0 aliphatic carbocycles. The Bertz CT molecular complexity index is 596. The topological polar surface area (TPSA) is 38.1 Å². The van der Waals surface area contributed by atoms with E-state index in [0.29, 0.717) is 0 Å². The minimum Gasteiger partial charge on any atom is -0.338 e. The van der Waals surface area contributed by atoms with Gasteiger partial charge in [-0.3, -0.25) is 4.79 Å². The lowest BCUT2D eigenvalue weighted by Crippen LogP contribution is -2.21. The van der Waals surface area contributed by atoms with Gasteiger partial charge in [0.25, 0.3) is 0 Å². The van der Waals surface area contributed by atoms with Gasteiger partial charge in [0.15, 0.2) is 0 Å². The molecule has 1 amide bonds. The molecule has 2 aromatic heterocycles. The van der Waals surface area contributed by atoms with Crippen molar-refractivity contribution in [1.82, 2.24) is 14.5 Å². The van der Waals surface area contributed by atoms with Crippen molar-refractivity contribution in [3.8, 4) is 5.82 Å². The van der Waals surface area contributed by atoms with Crippen LogP contribution in [-0.2, 0) is 4.79 Å². The van der Waals surface area contributed by atoms with Crippen LogP contribution in [0.25, 0.3) is 5.82 Å². The highest BCUT2D eigenvalue weighted by atomic mass is 16.1. The van der Waals surface area contributed by atoms with Crippen LogP contribution in [0.1, 0.15) is 35.8 Å². The van der Waals surface area contributed by atoms with Crippen molar-refractivity contribution in [2.75, 3.05) is 6.54 Å². The van der Waals surface area contributed by atoms with Crippen molar-refractivity contribution in [1.29, 1.82) is 0 Å². The second-order valence-corrected chi connectivity index (χ2v) is 5.40. The quantitative estimate of drug-likeness (QED) is 0.804. The molecular formula is C16H19N3O. The fourth-order valence-corrected chi connectivity index (χ4v) is 3.03. The number of pyridine rings is 1. The van der Waals surface area contributed by atoms with Gasteiger partial charge in [-0.2, -0.15) is 0 Å². The number of rotatable bonds is 3. The van der Waals surface area contributed by atoms with Gasteiger partial charge in [-0.15, -0.1) is 0 Å². The van der Waals surface area contributed by atoms with Gasteiger partial charge in [-0.1, -0.05) is 6.07 Å². The highest BCUT2D eigenvalue weighted by Crippen LogP contribution is 2.30. The molecule has 0 unspecified atom stereocenters. The Hall–Kier alpha value is -2.10. The normalized spacial score (nSPS) is 18.5. The molecule has 0 saturated carbocycles. The summed E-state index contributed by atoms with van der Waals surface area (Å²) < 4.78 is 2.13. The molecule has 4 heteroatoms. The molecular weight excluding hydrogens is 250 g/mol. The smallest absolute Gasteiger partial charge is 0.210 e. The minimum absolute atomic E-state index is 0.195. The van der Waals surface area contributed by atoms with E-state index in [1.165, 1.54) is 11.4 Å². The molecule has 0 bridgehead atoms. The Kier molecular flexibility index (Phi) is 3.30. The molecule has 2 aromatic rings. The minimum atomic E-state index is 0.195. The number of aryl methyl sites for hydroxylation is 2. The van der Waals surface area contributed by atoms with Gasteiger partial charge >= 0.3 is 0 Å². The lowest BCUT2D eigenvalue weighted by Gasteiger charge is -2.20. The molecule has 1 saturated heterocycles. The third-order valence-electron chi connectivity index (χ3n) is 4.09. The van der Waals surface area contributed by atoms with Crippen molar-refractivity contribution in [3.63, 3.8) is 0 Å². The number of likely N-dealkylation sites (tertiary alicyclic amines) is 1. The summed E-state index contributed by atoms with van der Waals surface area (Å²) in [6.07, 6.45) is 4.95. The molecule has 0 N–H and O–H groups in total. The molecule has 1 atom stereocenters. The summed E-state index contributed by atoms with van der Waals surface area (Å²) in [4.78, 5) is 17.5. The summed E-state index contributed by atoms with van der Waals surface area (Å²) >= 11 is 0. The van der Waals surface area contributed by atoms with Gasteiger partial charge in [-0.25, -0.2) is 4.98 Å². The fourth-order valence-electron chi connectivity index (χ4n) is 3.03. The summed E-state index contributed by atoms with van der Waals surface area (Å²) in [5.41, 5.74) is 3.48. The van der Waals surface area contributed by atoms with Crippen LogP contribution in [0.15, 0.2) is 30.5 Å². The van der Waals surface area contributed by atoms with Crippen molar-refractivity contribution in [2.24, 2.45) is 0 Å². The van der Waals surface area contributed by atoms with E-state index in [1.807, 2.05) is 17.2 Å². The molecule has 1 aliphatic heterocycles. The van der Waals surface area contributed by atoms with E-state index in [1.54, 1.807) is 0 Å². The molecule has 3 rings (SSSR count). The SMILES string of the molecule is Cc1ccc(C)n1-c1ccc([C@@H]2CCCN2C=O)cn1. The molecule has 0 aromatic carbocycles. The van der Waals surface area contributed by atoms with Gasteiger partial charge < -0.3 is 9.47 Å². The standard InChI is InChI=1S/C16H19N3O/c1-12-5-6-13(2)19(12)16-8-7-14(10-17-16)15-4-3-9-18(15)11-20/h5-8,10-11,15H,3-4,9H2,1-2H3/t15-/m0/s1. The maximum atomic E-state index is 11.0. The third kappa shape index (κ3) is 2.11. The van der Waals surface area contributed by atoms with Crippen LogP contribution in [0.5, 0.6) is 0 Å². The zero-order chi connectivity index (χ0) is 14.1. The predicted molar refractivity (Wildman–Crippen MR) is 77.8 cm³/mol. The Labute approximate surface area is 119 Å². The lowest BCUT2D eigenvalue weighted by atomic mass is 10.1. The van der Waals surface area contributed by atoms with Crippen LogP contribution < -0.4 is 0 Å². The van der Waals surface area contributed by atoms with Crippen LogP contribution in [0.4, 0.5) is 0 Å². The summed E-state index contributed by atoms with van der Waals surface area (Å²) in [6.45, 7) is 5.01. The van der Waals surface area contributed by atoms with Gasteiger partial charge in [0, 0.05) is 24.1 Å². The second-order valence-electron chi connectivity index (χ2n) is 5.40. The lowest BCUT2D eigenvalue weighted by molar-refractivity contribution is -0.118. The van der Waals surface area contributed by atoms with Gasteiger partial charge in [-0.05, 0) is 50.5 Å². The average molecular weight is 269 g/mol. The van der Waals surface area contributed by atoms with Crippen LogP contribution >= 0.6 is 0 Å². The molecule has 0 spiro atoms. The van der Waals surface area contributed by atoms with Crippen LogP contribution in [0, 0.1) is 13.8 Å². The zero-order valence-electron chi connectivity index (χ0n) is 11.9. The highest BCUT2D eigenvalue weighted by Gasteiger charge is 2.24. The third-order valence-corrected chi connectivity index (χ3v) is 4.09. The highest BCUT2D eigenvalue weighted by molar-refractivity contribution is 5.49. The maximum absolute atomic E-state index is 11.0. The van der Waals surface area contributed by atoms with Crippen molar-refractivity contribution in [2.45, 2.75) is 32.7 Å². The van der Waals surface area contributed by atoms with Gasteiger partial charge in [0.05, 0.1) is 6.04 Å². The van der Waals surface area contributed by atoms with Gasteiger partial charge in [0.1, 0.15) is 5.82 Å². The molecule has 4 nitrogen and oxygen atoms in total. The van der Waals surface area contributed by atoms with Crippen LogP contribution in [0.2, 0.25) is 0 Å². The summed E-state index contributed by atoms with van der Waals surface area (Å²) in [5.74, 6) is 0.935. The number of aromatic nitrogens is 2. The number of amides is 1. The van der Waals surface area contributed by atoms with Gasteiger partial charge in [0.2, 0.25) is 6.41 Å². The molecule has 20 heavy (non-hydrogen) atoms. The first-order chi connectivity index (χ1) is 9.70. The van der Waals surface area contributed by atoms with Crippen LogP contribution in [-0.4, -0.2) is 27.4 Å². The maximum Gasteiger partial charge on any atom is 0.210 e. The van der Waals surface area contributed by atoms with E-state index in [0.717, 1.165) is 37.2 Å². The van der Waals surface area contributed by atoms with Crippen molar-refractivity contribution in [3.05, 3.63) is 47.4 Å². The summed E-state index contributed by atoms with van der Waals surface area (Å²) in [5, 5.41) is 0. The van der Waals surface area contributed by atoms with E-state index in [4.69, 9.17) is 0 Å². The Morgan fingerprint density at radius 2 is 1.95 bits per heavy atom. The largest absolute Gasteiger partial charge is 0.338 e. The Morgan fingerprint density at radius 1 is 1.20 bits per heavy atom. The summed E-state index contributed by atoms with van der Waals surface area (Å²) in [6, 6.07) is 8.51. The first kappa shape index (κ1) is 12.9. The number of hydrogen-bond donors (Lipinski definition) is 0. The second kappa shape index (κ2) is 5.12. The predicted octanol–water partition coefficient (Wildman–Crippen LogP) is 2.78.